The summed E-state index contributed by atoms with van der Waals surface area (Å²) in [7, 11) is 0. The number of nitrogens with zero attached hydrogens (tertiary/aromatic N) is 2. The van der Waals surface area contributed by atoms with Crippen LogP contribution >= 0.6 is 11.9 Å². The van der Waals surface area contributed by atoms with Gasteiger partial charge >= 0.3 is 0 Å². The third-order valence-corrected chi connectivity index (χ3v) is 3.62. The van der Waals surface area contributed by atoms with Gasteiger partial charge in [0.25, 0.3) is 0 Å². The summed E-state index contributed by atoms with van der Waals surface area (Å²) in [5.41, 5.74) is 0. The Bertz CT molecular complexity index is 344. The molecule has 0 saturated carbocycles. The van der Waals surface area contributed by atoms with Crippen molar-refractivity contribution in [2.45, 2.75) is 30.7 Å². The maximum Gasteiger partial charge on any atom is 0.115 e. The number of phenols is 1. The zero-order valence-electron chi connectivity index (χ0n) is 9.21. The van der Waals surface area contributed by atoms with Gasteiger partial charge in [-0.15, -0.1) is 0 Å². The number of hydrazine groups is 1. The maximum absolute atomic E-state index is 9.90. The second-order valence-corrected chi connectivity index (χ2v) is 4.97. The summed E-state index contributed by atoms with van der Waals surface area (Å²) >= 11 is 1.26. The summed E-state index contributed by atoms with van der Waals surface area (Å²) < 4.78 is 1.20. The molecule has 0 spiro atoms. The summed E-state index contributed by atoms with van der Waals surface area (Å²) in [6.07, 6.45) is 2.24. The monoisotopic (exact) mass is 240 g/mol. The zero-order chi connectivity index (χ0) is 11.5. The topological polar surface area (TPSA) is 46.9 Å². The van der Waals surface area contributed by atoms with Crippen LogP contribution in [-0.2, 0) is 0 Å². The van der Waals surface area contributed by atoms with Gasteiger partial charge in [-0.05, 0) is 44.0 Å². The second-order valence-electron chi connectivity index (χ2n) is 3.99. The van der Waals surface area contributed by atoms with Gasteiger partial charge in [0, 0.05) is 29.4 Å². The normalized spacial score (nSPS) is 21.8. The average molecular weight is 240 g/mol. The first-order valence-electron chi connectivity index (χ1n) is 5.39. The van der Waals surface area contributed by atoms with Crippen molar-refractivity contribution in [1.82, 2.24) is 9.59 Å². The van der Waals surface area contributed by atoms with Crippen LogP contribution < -0.4 is 0 Å². The summed E-state index contributed by atoms with van der Waals surface area (Å²) in [5, 5.41) is 21.0. The number of aromatic hydroxyl groups is 1. The minimum absolute atomic E-state index is 0.239. The molecule has 1 aromatic rings. The molecule has 1 fully saturated rings. The number of rotatable bonds is 3. The van der Waals surface area contributed by atoms with E-state index in [1.54, 1.807) is 24.3 Å². The Hall–Kier alpha value is -0.750. The Morgan fingerprint density at radius 2 is 2.06 bits per heavy atom. The Labute approximate surface area is 99.5 Å². The highest BCUT2D eigenvalue weighted by Gasteiger charge is 2.25. The van der Waals surface area contributed by atoms with Crippen molar-refractivity contribution >= 4 is 11.9 Å². The van der Waals surface area contributed by atoms with Crippen molar-refractivity contribution < 1.29 is 10.3 Å². The smallest absolute Gasteiger partial charge is 0.115 e. The van der Waals surface area contributed by atoms with Gasteiger partial charge in [-0.3, -0.25) is 5.21 Å². The molecule has 2 rings (SSSR count). The quantitative estimate of drug-likeness (QED) is 0.628. The van der Waals surface area contributed by atoms with Crippen LogP contribution in [0.4, 0.5) is 0 Å². The van der Waals surface area contributed by atoms with Crippen molar-refractivity contribution in [3.05, 3.63) is 24.3 Å². The van der Waals surface area contributed by atoms with E-state index < -0.39 is 0 Å². The molecule has 0 bridgehead atoms. The van der Waals surface area contributed by atoms with E-state index in [1.807, 2.05) is 5.01 Å². The average Bonchev–Trinajstić information content (AvgIpc) is 2.68. The summed E-state index contributed by atoms with van der Waals surface area (Å²) in [5.74, 6) is 0.239. The minimum Gasteiger partial charge on any atom is -0.508 e. The third-order valence-electron chi connectivity index (χ3n) is 2.76. The van der Waals surface area contributed by atoms with Crippen LogP contribution in [0.3, 0.4) is 0 Å². The fraction of sp³-hybridized carbons (Fsp3) is 0.455. The highest BCUT2D eigenvalue weighted by Crippen LogP contribution is 2.28. The molecule has 16 heavy (non-hydrogen) atoms. The predicted octanol–water partition coefficient (Wildman–Crippen LogP) is 2.49. The van der Waals surface area contributed by atoms with Gasteiger partial charge in [-0.2, -0.15) is 0 Å². The van der Waals surface area contributed by atoms with Crippen molar-refractivity contribution in [2.24, 2.45) is 0 Å². The van der Waals surface area contributed by atoms with Crippen LogP contribution in [-0.4, -0.2) is 32.5 Å². The Kier molecular flexibility index (Phi) is 3.70. The molecular weight excluding hydrogens is 224 g/mol. The third kappa shape index (κ3) is 2.68. The largest absolute Gasteiger partial charge is 0.508 e. The molecule has 0 radical (unpaired) electrons. The van der Waals surface area contributed by atoms with Crippen molar-refractivity contribution in [3.63, 3.8) is 0 Å². The van der Waals surface area contributed by atoms with Crippen molar-refractivity contribution in [3.8, 4) is 5.75 Å². The number of benzene rings is 1. The molecule has 5 heteroatoms. The lowest BCUT2D eigenvalue weighted by molar-refractivity contribution is -0.161. The van der Waals surface area contributed by atoms with Gasteiger partial charge in [0.1, 0.15) is 5.75 Å². The maximum atomic E-state index is 9.90. The molecule has 4 nitrogen and oxygen atoms in total. The molecule has 1 heterocycles. The van der Waals surface area contributed by atoms with E-state index in [1.165, 1.54) is 16.5 Å². The van der Waals surface area contributed by atoms with Gasteiger partial charge in [0.05, 0.1) is 0 Å². The molecule has 0 aliphatic carbocycles. The Morgan fingerprint density at radius 3 is 2.62 bits per heavy atom. The van der Waals surface area contributed by atoms with Crippen LogP contribution in [0.5, 0.6) is 5.75 Å². The fourth-order valence-electron chi connectivity index (χ4n) is 1.83. The lowest BCUT2D eigenvalue weighted by atomic mass is 10.3. The number of phenolic OH excluding ortho intramolecular Hbond substituents is 1. The number of hydrogen-bond acceptors (Lipinski definition) is 5. The molecule has 1 saturated heterocycles. The second kappa shape index (κ2) is 5.05. The highest BCUT2D eigenvalue weighted by atomic mass is 32.2. The van der Waals surface area contributed by atoms with Gasteiger partial charge in [0.2, 0.25) is 0 Å². The van der Waals surface area contributed by atoms with E-state index in [-0.39, 0.29) is 5.75 Å². The molecule has 0 unspecified atom stereocenters. The van der Waals surface area contributed by atoms with E-state index in [0.717, 1.165) is 24.3 Å². The summed E-state index contributed by atoms with van der Waals surface area (Å²) in [4.78, 5) is 0.902. The molecule has 0 aromatic heterocycles. The van der Waals surface area contributed by atoms with Crippen LogP contribution in [0.15, 0.2) is 29.2 Å². The van der Waals surface area contributed by atoms with E-state index in [0.29, 0.717) is 6.04 Å². The molecule has 1 aliphatic heterocycles. The predicted molar refractivity (Wildman–Crippen MR) is 63.0 cm³/mol. The SMILES string of the molecule is C[C@@H]1CCCN1N(O)Sc1ccc(O)cc1. The van der Waals surface area contributed by atoms with E-state index in [9.17, 15) is 5.21 Å². The molecule has 2 N–H and O–H groups in total. The first-order valence-corrected chi connectivity index (χ1v) is 6.17. The van der Waals surface area contributed by atoms with Crippen LogP contribution in [0.1, 0.15) is 19.8 Å². The van der Waals surface area contributed by atoms with Gasteiger partial charge in [0.15, 0.2) is 0 Å². The van der Waals surface area contributed by atoms with E-state index >= 15 is 0 Å². The summed E-state index contributed by atoms with van der Waals surface area (Å²) in [6, 6.07) is 7.18. The Balaban J connectivity index is 1.96. The molecule has 1 aliphatic rings. The molecule has 1 aromatic carbocycles. The Morgan fingerprint density at radius 1 is 1.38 bits per heavy atom. The van der Waals surface area contributed by atoms with Gasteiger partial charge in [-0.25, -0.2) is 5.01 Å². The van der Waals surface area contributed by atoms with Crippen LogP contribution in [0, 0.1) is 0 Å². The van der Waals surface area contributed by atoms with Crippen molar-refractivity contribution in [1.29, 1.82) is 0 Å². The van der Waals surface area contributed by atoms with E-state index in [2.05, 4.69) is 6.92 Å². The number of hydrogen-bond donors (Lipinski definition) is 2. The molecule has 88 valence electrons. The molecule has 1 atom stereocenters. The standard InChI is InChI=1S/C11H16N2O2S/c1-9-3-2-8-12(9)13(15)16-11-6-4-10(14)5-7-11/h4-7,9,14-15H,2-3,8H2,1H3/t9-/m1/s1. The summed E-state index contributed by atoms with van der Waals surface area (Å²) in [6.45, 7) is 3.00. The zero-order valence-corrected chi connectivity index (χ0v) is 10.0. The van der Waals surface area contributed by atoms with Crippen LogP contribution in [0.25, 0.3) is 0 Å². The minimum atomic E-state index is 0.239. The van der Waals surface area contributed by atoms with Gasteiger partial charge < -0.3 is 5.11 Å². The van der Waals surface area contributed by atoms with E-state index in [4.69, 9.17) is 5.11 Å². The first-order chi connectivity index (χ1) is 7.66. The van der Waals surface area contributed by atoms with Crippen LogP contribution in [0.2, 0.25) is 0 Å². The lowest BCUT2D eigenvalue weighted by Gasteiger charge is -2.27. The molecule has 0 amide bonds. The fourth-order valence-corrected chi connectivity index (χ4v) is 2.62. The first kappa shape index (κ1) is 11.7. The highest BCUT2D eigenvalue weighted by molar-refractivity contribution is 7.96. The lowest BCUT2D eigenvalue weighted by Crippen LogP contribution is -2.37. The van der Waals surface area contributed by atoms with Gasteiger partial charge in [-0.1, -0.05) is 4.58 Å². The van der Waals surface area contributed by atoms with Crippen molar-refractivity contribution in [2.75, 3.05) is 6.54 Å². The molecular formula is C11H16N2O2S.